The summed E-state index contributed by atoms with van der Waals surface area (Å²) < 4.78 is 17.7. The van der Waals surface area contributed by atoms with Gasteiger partial charge in [-0.05, 0) is 56.4 Å². The van der Waals surface area contributed by atoms with Gasteiger partial charge in [0.2, 0.25) is 0 Å². The number of hydrogen-bond acceptors (Lipinski definition) is 7. The van der Waals surface area contributed by atoms with Crippen molar-refractivity contribution in [3.63, 3.8) is 0 Å². The quantitative estimate of drug-likeness (QED) is 0.260. The Morgan fingerprint density at radius 2 is 1.85 bits per heavy atom. The number of rotatable bonds is 10. The molecule has 5 rings (SSSR count). The lowest BCUT2D eigenvalue weighted by atomic mass is 9.95. The summed E-state index contributed by atoms with van der Waals surface area (Å²) in [6.07, 6.45) is -0.476. The Kier molecular flexibility index (Phi) is 8.68. The number of fused-ring (bicyclic) bond motifs is 4. The van der Waals surface area contributed by atoms with E-state index in [0.29, 0.717) is 54.9 Å². The van der Waals surface area contributed by atoms with Gasteiger partial charge in [-0.3, -0.25) is 4.79 Å². The van der Waals surface area contributed by atoms with Gasteiger partial charge >= 0.3 is 6.09 Å². The molecule has 3 aromatic carbocycles. The molecule has 2 amide bonds. The molecule has 1 aromatic heterocycles. The maximum Gasteiger partial charge on any atom is 0.415 e. The first kappa shape index (κ1) is 28.7. The lowest BCUT2D eigenvalue weighted by Crippen LogP contribution is -2.34. The van der Waals surface area contributed by atoms with Gasteiger partial charge in [0.05, 0.1) is 5.69 Å². The summed E-state index contributed by atoms with van der Waals surface area (Å²) in [5, 5.41) is 5.49. The zero-order valence-electron chi connectivity index (χ0n) is 23.8. The van der Waals surface area contributed by atoms with Crippen LogP contribution in [0.3, 0.4) is 0 Å². The number of carbonyl (C=O) groups is 2. The molecule has 9 nitrogen and oxygen atoms in total. The second-order valence-electron chi connectivity index (χ2n) is 10.5. The molecule has 0 unspecified atom stereocenters. The van der Waals surface area contributed by atoms with Crippen LogP contribution >= 0.6 is 11.6 Å². The number of hydrogen-bond donors (Lipinski definition) is 1. The molecule has 0 saturated heterocycles. The Labute approximate surface area is 244 Å². The van der Waals surface area contributed by atoms with Crippen LogP contribution in [-0.2, 0) is 0 Å². The standard InChI is InChI=1S/C31H35ClN4O5/c1-33-11-12-35(4)31(38)41-27-17-25-29(24-8-6-5-7-23(24)27)21(18-32)19-36(25)30(37)28-16-20-15-22(9-10-26(20)40-28)39-14-13-34(2)3/h5-10,15-17,21,33H,11-14,18-19H2,1-4H3/t21-/m1/s1. The van der Waals surface area contributed by atoms with Gasteiger partial charge in [0.1, 0.15) is 23.7 Å². The molecule has 0 saturated carbocycles. The predicted octanol–water partition coefficient (Wildman–Crippen LogP) is 5.16. The third-order valence-corrected chi connectivity index (χ3v) is 7.64. The highest BCUT2D eigenvalue weighted by Crippen LogP contribution is 2.46. The summed E-state index contributed by atoms with van der Waals surface area (Å²) in [7, 11) is 7.50. The van der Waals surface area contributed by atoms with E-state index in [1.54, 1.807) is 24.1 Å². The molecule has 216 valence electrons. The third-order valence-electron chi connectivity index (χ3n) is 7.27. The Morgan fingerprint density at radius 3 is 2.59 bits per heavy atom. The average molecular weight is 579 g/mol. The molecule has 0 bridgehead atoms. The third kappa shape index (κ3) is 5.98. The van der Waals surface area contributed by atoms with E-state index >= 15 is 0 Å². The van der Waals surface area contributed by atoms with Crippen LogP contribution in [0.25, 0.3) is 21.7 Å². The van der Waals surface area contributed by atoms with E-state index in [0.717, 1.165) is 28.3 Å². The van der Waals surface area contributed by atoms with E-state index < -0.39 is 6.09 Å². The van der Waals surface area contributed by atoms with Crippen molar-refractivity contribution in [3.8, 4) is 11.5 Å². The smallest absolute Gasteiger partial charge is 0.415 e. The van der Waals surface area contributed by atoms with Gasteiger partial charge in [0, 0.05) is 61.9 Å². The van der Waals surface area contributed by atoms with Crippen LogP contribution in [0.5, 0.6) is 11.5 Å². The summed E-state index contributed by atoms with van der Waals surface area (Å²) in [5.74, 6) is 1.27. The molecular weight excluding hydrogens is 544 g/mol. The Balaban J connectivity index is 1.48. The zero-order valence-corrected chi connectivity index (χ0v) is 24.5. The number of anilines is 1. The summed E-state index contributed by atoms with van der Waals surface area (Å²) in [6.45, 7) is 2.86. The number of likely N-dealkylation sites (N-methyl/N-ethyl adjacent to an activating group) is 3. The monoisotopic (exact) mass is 578 g/mol. The number of amides is 2. The minimum absolute atomic E-state index is 0.0929. The summed E-state index contributed by atoms with van der Waals surface area (Å²) in [6, 6.07) is 16.8. The molecule has 41 heavy (non-hydrogen) atoms. The van der Waals surface area contributed by atoms with Crippen molar-refractivity contribution in [2.45, 2.75) is 5.92 Å². The average Bonchev–Trinajstić information content (AvgIpc) is 3.56. The molecule has 1 aliphatic rings. The van der Waals surface area contributed by atoms with Crippen molar-refractivity contribution in [1.29, 1.82) is 0 Å². The maximum absolute atomic E-state index is 13.9. The van der Waals surface area contributed by atoms with Crippen LogP contribution in [0, 0.1) is 0 Å². The zero-order chi connectivity index (χ0) is 29.1. The highest BCUT2D eigenvalue weighted by atomic mass is 35.5. The summed E-state index contributed by atoms with van der Waals surface area (Å²) in [5.41, 5.74) is 2.22. The number of benzene rings is 3. The Hall–Kier alpha value is -3.79. The second-order valence-corrected chi connectivity index (χ2v) is 10.8. The van der Waals surface area contributed by atoms with Gasteiger partial charge in [-0.2, -0.15) is 0 Å². The van der Waals surface area contributed by atoms with Crippen LogP contribution in [0.1, 0.15) is 22.0 Å². The molecule has 0 radical (unpaired) electrons. The van der Waals surface area contributed by atoms with Crippen LogP contribution in [-0.4, -0.2) is 88.7 Å². The van der Waals surface area contributed by atoms with Gasteiger partial charge in [-0.15, -0.1) is 11.6 Å². The van der Waals surface area contributed by atoms with Crippen molar-refractivity contribution >= 4 is 51.0 Å². The van der Waals surface area contributed by atoms with Gasteiger partial charge in [-0.1, -0.05) is 24.3 Å². The SMILES string of the molecule is CNCCN(C)C(=O)Oc1cc2c(c3ccccc13)[C@H](CCl)CN2C(=O)c1cc2cc(OCCN(C)C)ccc2o1. The Bertz CT molecular complexity index is 1570. The number of halogens is 1. The molecule has 10 heteroatoms. The normalized spacial score (nSPS) is 14.6. The van der Waals surface area contributed by atoms with E-state index in [1.165, 1.54) is 4.90 Å². The fourth-order valence-corrected chi connectivity index (χ4v) is 5.31. The largest absolute Gasteiger partial charge is 0.492 e. The summed E-state index contributed by atoms with van der Waals surface area (Å²) >= 11 is 6.43. The molecule has 0 spiro atoms. The van der Waals surface area contributed by atoms with Crippen molar-refractivity contribution in [1.82, 2.24) is 15.1 Å². The first-order chi connectivity index (χ1) is 19.8. The predicted molar refractivity (Wildman–Crippen MR) is 162 cm³/mol. The number of alkyl halides is 1. The highest BCUT2D eigenvalue weighted by molar-refractivity contribution is 6.19. The number of ether oxygens (including phenoxy) is 2. The van der Waals surface area contributed by atoms with Crippen molar-refractivity contribution in [3.05, 3.63) is 65.9 Å². The van der Waals surface area contributed by atoms with Crippen molar-refractivity contribution in [2.75, 3.05) is 71.8 Å². The van der Waals surface area contributed by atoms with E-state index in [4.69, 9.17) is 25.5 Å². The number of furan rings is 1. The fourth-order valence-electron chi connectivity index (χ4n) is 5.05. The molecule has 0 fully saturated rings. The lowest BCUT2D eigenvalue weighted by molar-refractivity contribution is 0.0964. The van der Waals surface area contributed by atoms with E-state index in [1.807, 2.05) is 68.5 Å². The van der Waals surface area contributed by atoms with E-state index in [2.05, 4.69) is 5.32 Å². The van der Waals surface area contributed by atoms with Crippen LogP contribution < -0.4 is 19.7 Å². The second kappa shape index (κ2) is 12.4. The lowest BCUT2D eigenvalue weighted by Gasteiger charge is -2.20. The summed E-state index contributed by atoms with van der Waals surface area (Å²) in [4.78, 5) is 32.0. The topological polar surface area (TPSA) is 87.5 Å². The molecule has 0 aliphatic carbocycles. The molecule has 1 N–H and O–H groups in total. The molecule has 1 aliphatic heterocycles. The van der Waals surface area contributed by atoms with Gasteiger partial charge in [-0.25, -0.2) is 4.79 Å². The fraction of sp³-hybridized carbons (Fsp3) is 0.355. The van der Waals surface area contributed by atoms with Crippen molar-refractivity contribution < 1.29 is 23.5 Å². The highest BCUT2D eigenvalue weighted by Gasteiger charge is 2.36. The molecular formula is C31H35ClN4O5. The Morgan fingerprint density at radius 1 is 1.07 bits per heavy atom. The number of nitrogens with one attached hydrogen (secondary N) is 1. The van der Waals surface area contributed by atoms with Gasteiger partial charge < -0.3 is 33.9 Å². The van der Waals surface area contributed by atoms with Crippen LogP contribution in [0.15, 0.2) is 59.0 Å². The minimum Gasteiger partial charge on any atom is -0.492 e. The van der Waals surface area contributed by atoms with Crippen molar-refractivity contribution in [2.24, 2.45) is 0 Å². The maximum atomic E-state index is 13.9. The molecule has 2 heterocycles. The van der Waals surface area contributed by atoms with Gasteiger partial charge in [0.25, 0.3) is 5.91 Å². The van der Waals surface area contributed by atoms with Gasteiger partial charge in [0.15, 0.2) is 5.76 Å². The van der Waals surface area contributed by atoms with Crippen LogP contribution in [0.2, 0.25) is 0 Å². The van der Waals surface area contributed by atoms with Crippen LogP contribution in [0.4, 0.5) is 10.5 Å². The first-order valence-corrected chi connectivity index (χ1v) is 14.2. The van der Waals surface area contributed by atoms with E-state index in [-0.39, 0.29) is 17.6 Å². The molecule has 4 aromatic rings. The molecule has 1 atom stereocenters. The minimum atomic E-state index is -0.476. The van der Waals surface area contributed by atoms with E-state index in [9.17, 15) is 9.59 Å². The first-order valence-electron chi connectivity index (χ1n) is 13.6. The number of nitrogens with zero attached hydrogens (tertiary/aromatic N) is 3. The number of carbonyl (C=O) groups excluding carboxylic acids is 2.